The van der Waals surface area contributed by atoms with Crippen LogP contribution in [0.25, 0.3) is 0 Å². The molecule has 2 rings (SSSR count). The van der Waals surface area contributed by atoms with Crippen LogP contribution in [0.3, 0.4) is 0 Å². The zero-order valence-electron chi connectivity index (χ0n) is 12.8. The minimum Gasteiger partial charge on any atom is -0.310 e. The quantitative estimate of drug-likeness (QED) is 0.760. The molecule has 0 saturated heterocycles. The molecule has 21 heavy (non-hydrogen) atoms. The van der Waals surface area contributed by atoms with Crippen LogP contribution in [0.15, 0.2) is 47.4 Å². The number of hydrogen-bond donors (Lipinski definition) is 1. The van der Waals surface area contributed by atoms with Crippen molar-refractivity contribution in [2.24, 2.45) is 0 Å². The fourth-order valence-corrected chi connectivity index (χ4v) is 3.09. The molecule has 0 atom stereocenters. The van der Waals surface area contributed by atoms with Crippen LogP contribution >= 0.6 is 11.8 Å². The predicted octanol–water partition coefficient (Wildman–Crippen LogP) is 4.92. The zero-order chi connectivity index (χ0) is 15.2. The van der Waals surface area contributed by atoms with Crippen molar-refractivity contribution in [3.8, 4) is 0 Å². The lowest BCUT2D eigenvalue weighted by Gasteiger charge is -2.13. The van der Waals surface area contributed by atoms with Crippen LogP contribution < -0.4 is 5.32 Å². The van der Waals surface area contributed by atoms with Crippen molar-refractivity contribution in [1.82, 2.24) is 5.32 Å². The van der Waals surface area contributed by atoms with Gasteiger partial charge in [-0.2, -0.15) is 0 Å². The topological polar surface area (TPSA) is 12.0 Å². The van der Waals surface area contributed by atoms with E-state index in [1.165, 1.54) is 17.2 Å². The largest absolute Gasteiger partial charge is 0.310 e. The van der Waals surface area contributed by atoms with Crippen molar-refractivity contribution in [1.29, 1.82) is 0 Å². The van der Waals surface area contributed by atoms with Gasteiger partial charge in [-0.15, -0.1) is 11.8 Å². The number of nitrogens with one attached hydrogen (secondary N) is 1. The summed E-state index contributed by atoms with van der Waals surface area (Å²) in [7, 11) is 0. The Morgan fingerprint density at radius 3 is 2.67 bits per heavy atom. The van der Waals surface area contributed by atoms with Crippen LogP contribution in [0.4, 0.5) is 4.39 Å². The summed E-state index contributed by atoms with van der Waals surface area (Å²) in [5.41, 5.74) is 3.60. The summed E-state index contributed by atoms with van der Waals surface area (Å²) in [5.74, 6) is 0.734. The van der Waals surface area contributed by atoms with Crippen molar-refractivity contribution in [3.05, 3.63) is 65.0 Å². The first kappa shape index (κ1) is 16.1. The van der Waals surface area contributed by atoms with Gasteiger partial charge in [-0.25, -0.2) is 4.39 Å². The van der Waals surface area contributed by atoms with Gasteiger partial charge in [0.2, 0.25) is 0 Å². The second-order valence-corrected chi connectivity index (χ2v) is 6.58. The molecule has 1 nitrogen and oxygen atoms in total. The molecule has 0 fully saturated rings. The maximum Gasteiger partial charge on any atom is 0.123 e. The van der Waals surface area contributed by atoms with E-state index in [4.69, 9.17) is 0 Å². The molecule has 2 aromatic carbocycles. The highest BCUT2D eigenvalue weighted by atomic mass is 32.2. The van der Waals surface area contributed by atoms with Gasteiger partial charge in [0.15, 0.2) is 0 Å². The van der Waals surface area contributed by atoms with Gasteiger partial charge in [0.1, 0.15) is 5.82 Å². The average Bonchev–Trinajstić information content (AvgIpc) is 2.44. The Morgan fingerprint density at radius 1 is 1.14 bits per heavy atom. The van der Waals surface area contributed by atoms with Gasteiger partial charge in [-0.1, -0.05) is 43.7 Å². The fourth-order valence-electron chi connectivity index (χ4n) is 2.10. The molecule has 0 heterocycles. The summed E-state index contributed by atoms with van der Waals surface area (Å²) in [6.07, 6.45) is 0. The number of rotatable bonds is 6. The zero-order valence-corrected chi connectivity index (χ0v) is 13.6. The molecule has 1 N–H and O–H groups in total. The van der Waals surface area contributed by atoms with E-state index in [2.05, 4.69) is 50.4 Å². The Morgan fingerprint density at radius 2 is 1.95 bits per heavy atom. The lowest BCUT2D eigenvalue weighted by molar-refractivity contribution is 0.576. The van der Waals surface area contributed by atoms with Gasteiger partial charge in [0, 0.05) is 23.2 Å². The smallest absolute Gasteiger partial charge is 0.123 e. The highest BCUT2D eigenvalue weighted by Crippen LogP contribution is 2.27. The summed E-state index contributed by atoms with van der Waals surface area (Å²) < 4.78 is 13.5. The van der Waals surface area contributed by atoms with Crippen LogP contribution in [-0.2, 0) is 12.3 Å². The van der Waals surface area contributed by atoms with E-state index in [1.807, 2.05) is 6.07 Å². The van der Waals surface area contributed by atoms with E-state index in [0.29, 0.717) is 12.6 Å². The third-order valence-corrected chi connectivity index (χ3v) is 4.39. The Balaban J connectivity index is 2.08. The Labute approximate surface area is 131 Å². The van der Waals surface area contributed by atoms with E-state index in [1.54, 1.807) is 17.8 Å². The van der Waals surface area contributed by atoms with Gasteiger partial charge >= 0.3 is 0 Å². The molecule has 0 unspecified atom stereocenters. The van der Waals surface area contributed by atoms with E-state index >= 15 is 0 Å². The Bertz CT molecular complexity index is 596. The SMILES string of the molecule is Cc1cccc(CSc2ccc(F)cc2CNC(C)C)c1. The van der Waals surface area contributed by atoms with Gasteiger partial charge in [0.25, 0.3) is 0 Å². The summed E-state index contributed by atoms with van der Waals surface area (Å²) in [6.45, 7) is 6.99. The normalized spacial score (nSPS) is 11.1. The second-order valence-electron chi connectivity index (χ2n) is 5.57. The Hall–Kier alpha value is -1.32. The molecule has 0 spiro atoms. The second kappa shape index (κ2) is 7.62. The third-order valence-electron chi connectivity index (χ3n) is 3.20. The van der Waals surface area contributed by atoms with E-state index in [0.717, 1.165) is 16.2 Å². The first-order valence-electron chi connectivity index (χ1n) is 7.25. The highest BCUT2D eigenvalue weighted by molar-refractivity contribution is 7.98. The predicted molar refractivity (Wildman–Crippen MR) is 89.1 cm³/mol. The summed E-state index contributed by atoms with van der Waals surface area (Å²) >= 11 is 1.76. The number of benzene rings is 2. The van der Waals surface area contributed by atoms with Crippen molar-refractivity contribution >= 4 is 11.8 Å². The summed E-state index contributed by atoms with van der Waals surface area (Å²) in [6, 6.07) is 14.0. The number of hydrogen-bond acceptors (Lipinski definition) is 2. The summed E-state index contributed by atoms with van der Waals surface area (Å²) in [5, 5.41) is 3.36. The molecule has 2 aromatic rings. The molecular weight excluding hydrogens is 281 g/mol. The van der Waals surface area contributed by atoms with Crippen LogP contribution in [0.5, 0.6) is 0 Å². The summed E-state index contributed by atoms with van der Waals surface area (Å²) in [4.78, 5) is 1.14. The molecule has 0 aliphatic rings. The van der Waals surface area contributed by atoms with Gasteiger partial charge < -0.3 is 5.32 Å². The third kappa shape index (κ3) is 5.18. The lowest BCUT2D eigenvalue weighted by atomic mass is 10.2. The first-order chi connectivity index (χ1) is 10.0. The number of thioether (sulfide) groups is 1. The lowest BCUT2D eigenvalue weighted by Crippen LogP contribution is -2.22. The average molecular weight is 303 g/mol. The standard InChI is InChI=1S/C18H22FNS/c1-13(2)20-11-16-10-17(19)7-8-18(16)21-12-15-6-4-5-14(3)9-15/h4-10,13,20H,11-12H2,1-3H3. The van der Waals surface area contributed by atoms with Gasteiger partial charge in [-0.3, -0.25) is 0 Å². The molecule has 0 amide bonds. The number of halogens is 1. The van der Waals surface area contributed by atoms with Crippen LogP contribution in [0.2, 0.25) is 0 Å². The molecule has 3 heteroatoms. The molecule has 0 radical (unpaired) electrons. The molecular formula is C18H22FNS. The minimum absolute atomic E-state index is 0.171. The van der Waals surface area contributed by atoms with Crippen LogP contribution in [-0.4, -0.2) is 6.04 Å². The molecule has 112 valence electrons. The van der Waals surface area contributed by atoms with Crippen molar-refractivity contribution in [3.63, 3.8) is 0 Å². The Kier molecular flexibility index (Phi) is 5.83. The molecule has 0 bridgehead atoms. The van der Waals surface area contributed by atoms with Crippen LogP contribution in [0, 0.1) is 12.7 Å². The van der Waals surface area contributed by atoms with Crippen LogP contribution in [0.1, 0.15) is 30.5 Å². The maximum absolute atomic E-state index is 13.5. The maximum atomic E-state index is 13.5. The van der Waals surface area contributed by atoms with Crippen molar-refractivity contribution < 1.29 is 4.39 Å². The molecule has 0 aliphatic carbocycles. The van der Waals surface area contributed by atoms with E-state index in [9.17, 15) is 4.39 Å². The highest BCUT2D eigenvalue weighted by Gasteiger charge is 2.06. The monoisotopic (exact) mass is 303 g/mol. The fraction of sp³-hybridized carbons (Fsp3) is 0.333. The molecule has 0 aromatic heterocycles. The minimum atomic E-state index is -0.171. The van der Waals surface area contributed by atoms with Crippen molar-refractivity contribution in [2.75, 3.05) is 0 Å². The van der Waals surface area contributed by atoms with Crippen molar-refractivity contribution in [2.45, 2.75) is 44.0 Å². The van der Waals surface area contributed by atoms with E-state index < -0.39 is 0 Å². The van der Waals surface area contributed by atoms with Gasteiger partial charge in [0.05, 0.1) is 0 Å². The molecule has 0 saturated carbocycles. The van der Waals surface area contributed by atoms with Gasteiger partial charge in [-0.05, 0) is 36.2 Å². The van der Waals surface area contributed by atoms with E-state index in [-0.39, 0.29) is 5.82 Å². The molecule has 0 aliphatic heterocycles. The first-order valence-corrected chi connectivity index (χ1v) is 8.23. The number of aryl methyl sites for hydroxylation is 1.